The lowest BCUT2D eigenvalue weighted by atomic mass is 10.1. The fourth-order valence-electron chi connectivity index (χ4n) is 4.32. The number of sulfonamides is 1. The molecule has 1 aromatic heterocycles. The van der Waals surface area contributed by atoms with E-state index < -0.39 is 10.0 Å². The number of piperidine rings is 1. The molecule has 0 N–H and O–H groups in total. The molecule has 11 heteroatoms. The lowest BCUT2D eigenvalue weighted by molar-refractivity contribution is 0.0986. The molecule has 1 aliphatic rings. The molecule has 36 heavy (non-hydrogen) atoms. The number of aromatic nitrogens is 1. The Morgan fingerprint density at radius 2 is 1.86 bits per heavy atom. The summed E-state index contributed by atoms with van der Waals surface area (Å²) in [5.41, 5.74) is 1.01. The molecule has 7 nitrogen and oxygen atoms in total. The van der Waals surface area contributed by atoms with Crippen LogP contribution in [0.25, 0.3) is 10.2 Å². The van der Waals surface area contributed by atoms with Crippen molar-refractivity contribution in [1.82, 2.24) is 14.2 Å². The Kier molecular flexibility index (Phi) is 9.45. The van der Waals surface area contributed by atoms with Gasteiger partial charge in [0.1, 0.15) is 5.82 Å². The van der Waals surface area contributed by atoms with E-state index in [1.807, 2.05) is 25.9 Å². The van der Waals surface area contributed by atoms with Crippen molar-refractivity contribution in [1.29, 1.82) is 0 Å². The van der Waals surface area contributed by atoms with E-state index in [9.17, 15) is 17.6 Å². The number of halogens is 2. The van der Waals surface area contributed by atoms with Gasteiger partial charge >= 0.3 is 0 Å². The molecule has 1 unspecified atom stereocenters. The molecule has 0 bridgehead atoms. The van der Waals surface area contributed by atoms with Crippen LogP contribution in [0.5, 0.6) is 0 Å². The summed E-state index contributed by atoms with van der Waals surface area (Å²) in [4.78, 5) is 21.9. The van der Waals surface area contributed by atoms with Crippen LogP contribution in [-0.4, -0.2) is 68.3 Å². The van der Waals surface area contributed by atoms with E-state index in [1.165, 1.54) is 35.6 Å². The highest BCUT2D eigenvalue weighted by molar-refractivity contribution is 7.89. The summed E-state index contributed by atoms with van der Waals surface area (Å²) in [7, 11) is 0.320. The number of hydrogen-bond acceptors (Lipinski definition) is 6. The van der Waals surface area contributed by atoms with Crippen LogP contribution in [0.4, 0.5) is 9.52 Å². The third-order valence-electron chi connectivity index (χ3n) is 6.25. The Labute approximate surface area is 222 Å². The summed E-state index contributed by atoms with van der Waals surface area (Å²) in [6.45, 7) is 3.67. The third kappa shape index (κ3) is 6.23. The maximum atomic E-state index is 13.7. The molecule has 0 saturated carbocycles. The minimum atomic E-state index is -3.61. The van der Waals surface area contributed by atoms with Gasteiger partial charge in [-0.1, -0.05) is 17.8 Å². The number of rotatable bonds is 8. The molecule has 1 atom stereocenters. The van der Waals surface area contributed by atoms with Gasteiger partial charge in [0.2, 0.25) is 10.0 Å². The molecule has 0 spiro atoms. The fourth-order valence-corrected chi connectivity index (χ4v) is 7.03. The highest BCUT2D eigenvalue weighted by Crippen LogP contribution is 2.31. The fraction of sp³-hybridized carbons (Fsp3) is 0.440. The second kappa shape index (κ2) is 12.0. The molecule has 1 fully saturated rings. The Morgan fingerprint density at radius 3 is 2.53 bits per heavy atom. The summed E-state index contributed by atoms with van der Waals surface area (Å²) in [6, 6.07) is 10.5. The molecule has 4 rings (SSSR count). The van der Waals surface area contributed by atoms with Crippen molar-refractivity contribution < 1.29 is 17.6 Å². The minimum absolute atomic E-state index is 0. The van der Waals surface area contributed by atoms with Crippen LogP contribution >= 0.6 is 23.7 Å². The number of amides is 1. The van der Waals surface area contributed by atoms with Crippen LogP contribution in [0.1, 0.15) is 43.0 Å². The van der Waals surface area contributed by atoms with Gasteiger partial charge < -0.3 is 4.90 Å². The molecule has 2 heterocycles. The Balaban J connectivity index is 0.00000361. The second-order valence-corrected chi connectivity index (χ2v) is 12.1. The normalized spacial score (nSPS) is 16.8. The first kappa shape index (κ1) is 28.5. The van der Waals surface area contributed by atoms with Crippen LogP contribution in [0.15, 0.2) is 47.4 Å². The quantitative estimate of drug-likeness (QED) is 0.391. The molecule has 196 valence electrons. The summed E-state index contributed by atoms with van der Waals surface area (Å²) in [5.74, 6) is -0.614. The van der Waals surface area contributed by atoms with Crippen LogP contribution in [0.2, 0.25) is 0 Å². The number of hydrogen-bond donors (Lipinski definition) is 0. The molecule has 1 saturated heterocycles. The number of carbonyl (C=O) groups excluding carboxylic acids is 1. The predicted molar refractivity (Wildman–Crippen MR) is 145 cm³/mol. The maximum Gasteiger partial charge on any atom is 0.260 e. The van der Waals surface area contributed by atoms with Crippen molar-refractivity contribution in [2.24, 2.45) is 0 Å². The van der Waals surface area contributed by atoms with Crippen LogP contribution in [-0.2, 0) is 10.0 Å². The highest BCUT2D eigenvalue weighted by atomic mass is 35.5. The van der Waals surface area contributed by atoms with Gasteiger partial charge in [0, 0.05) is 24.7 Å². The molecular formula is C25H32ClFN4O3S2. The monoisotopic (exact) mass is 554 g/mol. The molecule has 3 aromatic rings. The number of carbonyl (C=O) groups is 1. The van der Waals surface area contributed by atoms with Crippen molar-refractivity contribution in [2.75, 3.05) is 38.6 Å². The van der Waals surface area contributed by atoms with E-state index in [4.69, 9.17) is 0 Å². The average Bonchev–Trinajstić information content (AvgIpc) is 3.24. The van der Waals surface area contributed by atoms with E-state index in [1.54, 1.807) is 27.4 Å². The van der Waals surface area contributed by atoms with Crippen molar-refractivity contribution in [2.45, 2.75) is 43.5 Å². The maximum absolute atomic E-state index is 13.7. The Hall–Kier alpha value is -2.11. The van der Waals surface area contributed by atoms with Crippen LogP contribution in [0.3, 0.4) is 0 Å². The molecule has 0 aliphatic carbocycles. The van der Waals surface area contributed by atoms with Gasteiger partial charge in [-0.15, -0.1) is 12.4 Å². The predicted octanol–water partition coefficient (Wildman–Crippen LogP) is 5.02. The third-order valence-corrected chi connectivity index (χ3v) is 9.32. The molecule has 1 aliphatic heterocycles. The van der Waals surface area contributed by atoms with Gasteiger partial charge in [0.25, 0.3) is 5.91 Å². The zero-order valence-corrected chi connectivity index (χ0v) is 23.1. The first-order valence-electron chi connectivity index (χ1n) is 11.8. The Morgan fingerprint density at radius 1 is 1.14 bits per heavy atom. The lowest BCUT2D eigenvalue weighted by Crippen LogP contribution is -2.41. The van der Waals surface area contributed by atoms with Crippen molar-refractivity contribution in [3.8, 4) is 0 Å². The highest BCUT2D eigenvalue weighted by Gasteiger charge is 2.31. The molecular weight excluding hydrogens is 523 g/mol. The number of fused-ring (bicyclic) bond motifs is 1. The van der Waals surface area contributed by atoms with Gasteiger partial charge in [0.05, 0.1) is 15.1 Å². The van der Waals surface area contributed by atoms with Crippen LogP contribution < -0.4 is 4.90 Å². The zero-order valence-electron chi connectivity index (χ0n) is 20.7. The van der Waals surface area contributed by atoms with Gasteiger partial charge in [-0.2, -0.15) is 4.31 Å². The smallest absolute Gasteiger partial charge is 0.260 e. The van der Waals surface area contributed by atoms with Crippen molar-refractivity contribution >= 4 is 55.0 Å². The first-order valence-corrected chi connectivity index (χ1v) is 14.1. The molecule has 2 aromatic carbocycles. The van der Waals surface area contributed by atoms with Crippen molar-refractivity contribution in [3.63, 3.8) is 0 Å². The van der Waals surface area contributed by atoms with Gasteiger partial charge in [-0.25, -0.2) is 17.8 Å². The number of nitrogens with zero attached hydrogens (tertiary/aromatic N) is 4. The summed E-state index contributed by atoms with van der Waals surface area (Å²) < 4.78 is 42.2. The van der Waals surface area contributed by atoms with Gasteiger partial charge in [-0.05, 0) is 89.3 Å². The number of anilines is 1. The van der Waals surface area contributed by atoms with E-state index in [2.05, 4.69) is 4.98 Å². The van der Waals surface area contributed by atoms with E-state index in [-0.39, 0.29) is 35.1 Å². The number of benzene rings is 2. The van der Waals surface area contributed by atoms with Crippen LogP contribution in [0, 0.1) is 5.82 Å². The summed E-state index contributed by atoms with van der Waals surface area (Å²) >= 11 is 1.27. The second-order valence-electron chi connectivity index (χ2n) is 9.21. The largest absolute Gasteiger partial charge is 0.309 e. The summed E-state index contributed by atoms with van der Waals surface area (Å²) in [6.07, 6.45) is 3.46. The SMILES string of the molecule is CC1CCCCN1S(=O)(=O)c1ccc(C(=O)N(CCCN(C)C)c2nc3ccc(F)cc3s2)cc1.Cl. The van der Waals surface area contributed by atoms with Gasteiger partial charge in [-0.3, -0.25) is 9.69 Å². The van der Waals surface area contributed by atoms with Crippen molar-refractivity contribution in [3.05, 3.63) is 53.8 Å². The standard InChI is InChI=1S/C25H31FN4O3S2.ClH/c1-18-7-4-5-16-30(18)35(32,33)21-11-8-19(9-12-21)24(31)29(15-6-14-28(2)3)25-27-22-13-10-20(26)17-23(22)34-25;/h8-13,17-18H,4-7,14-16H2,1-3H3;1H. The first-order chi connectivity index (χ1) is 16.7. The number of thiazole rings is 1. The topological polar surface area (TPSA) is 73.8 Å². The Bertz CT molecular complexity index is 1300. The molecule has 0 radical (unpaired) electrons. The van der Waals surface area contributed by atoms with E-state index in [0.29, 0.717) is 34.0 Å². The summed E-state index contributed by atoms with van der Waals surface area (Å²) in [5, 5.41) is 0.494. The van der Waals surface area contributed by atoms with E-state index in [0.717, 1.165) is 32.2 Å². The molecule has 1 amide bonds. The minimum Gasteiger partial charge on any atom is -0.309 e. The zero-order chi connectivity index (χ0) is 25.2. The van der Waals surface area contributed by atoms with Gasteiger partial charge in [0.15, 0.2) is 5.13 Å². The lowest BCUT2D eigenvalue weighted by Gasteiger charge is -2.32. The average molecular weight is 555 g/mol. The van der Waals surface area contributed by atoms with E-state index >= 15 is 0 Å².